The van der Waals surface area contributed by atoms with Gasteiger partial charge in [-0.2, -0.15) is 10.2 Å². The van der Waals surface area contributed by atoms with E-state index in [1.165, 1.54) is 22.7 Å². The Kier molecular flexibility index (Phi) is 19.2. The fraction of sp³-hybridized carbons (Fsp3) is 0.229. The van der Waals surface area contributed by atoms with E-state index in [9.17, 15) is 10.2 Å². The zero-order chi connectivity index (χ0) is 55.0. The fourth-order valence-corrected chi connectivity index (χ4v) is 10.6. The van der Waals surface area contributed by atoms with Crippen molar-refractivity contribution in [1.82, 2.24) is 0 Å². The number of hydrogen-bond donors (Lipinski definition) is 2. The summed E-state index contributed by atoms with van der Waals surface area (Å²) in [5.41, 5.74) is 18.1. The molecule has 0 saturated carbocycles. The van der Waals surface area contributed by atoms with Gasteiger partial charge in [0, 0.05) is 86.2 Å². The van der Waals surface area contributed by atoms with Gasteiger partial charge in [0.15, 0.2) is 0 Å². The number of hydrogen-bond acceptors (Lipinski definition) is 8. The van der Waals surface area contributed by atoms with Crippen molar-refractivity contribution in [1.29, 1.82) is 0 Å². The lowest BCUT2D eigenvalue weighted by molar-refractivity contribution is 0.474. The number of nitrogens with zero attached hydrogens (tertiary/aromatic N) is 6. The predicted molar refractivity (Wildman–Crippen MR) is 334 cm³/mol. The molecule has 8 aromatic rings. The van der Waals surface area contributed by atoms with Crippen molar-refractivity contribution < 1.29 is 10.2 Å². The monoisotopic (exact) mass is 1030 g/mol. The topological polar surface area (TPSA) is 78.1 Å². The van der Waals surface area contributed by atoms with Crippen LogP contribution in [0.5, 0.6) is 11.5 Å². The molecule has 78 heavy (non-hydrogen) atoms. The van der Waals surface area contributed by atoms with E-state index in [2.05, 4.69) is 231 Å². The van der Waals surface area contributed by atoms with Crippen LogP contribution < -0.4 is 19.6 Å². The zero-order valence-corrected chi connectivity index (χ0v) is 46.9. The molecular formula is C70H76N6O2. The molecule has 0 aliphatic carbocycles. The van der Waals surface area contributed by atoms with Gasteiger partial charge >= 0.3 is 0 Å². The molecule has 0 bridgehead atoms. The standard InChI is InChI=1S/C70H76N6O2/c1-9-73(10-2)61-37-27-53(28-38-61)67(54-29-39-62(40-30-54)74(11-3)12-4)69(51-23-19-17-20-24-51)57-35-45-65(77)59(47-57)49-71-72-50-60-48-58(36-46-66(60)78)70(52-25-21-18-22-26-52)68(55-31-41-63(42-32-55)75(13-5)14-6)56-33-43-64(44-34-56)76(15-7)16-8/h17-50,77-78H,9-16H2,1-8H3/b71-49+,72-50+. The molecule has 0 aliphatic rings. The molecule has 0 aromatic heterocycles. The Morgan fingerprint density at radius 2 is 0.513 bits per heavy atom. The van der Waals surface area contributed by atoms with Crippen LogP contribution in [0.25, 0.3) is 22.3 Å². The average molecular weight is 1030 g/mol. The van der Waals surface area contributed by atoms with Gasteiger partial charge in [0.2, 0.25) is 0 Å². The molecule has 0 aliphatic heterocycles. The summed E-state index contributed by atoms with van der Waals surface area (Å²) in [5, 5.41) is 31.9. The molecule has 0 atom stereocenters. The highest BCUT2D eigenvalue weighted by atomic mass is 16.3. The van der Waals surface area contributed by atoms with Crippen LogP contribution in [0.1, 0.15) is 111 Å². The lowest BCUT2D eigenvalue weighted by Crippen LogP contribution is -2.21. The Balaban J connectivity index is 1.22. The molecule has 0 saturated heterocycles. The van der Waals surface area contributed by atoms with E-state index in [0.29, 0.717) is 11.1 Å². The lowest BCUT2D eigenvalue weighted by Gasteiger charge is -2.24. The number of phenolic OH excluding ortho intramolecular Hbond substituents is 2. The maximum absolute atomic E-state index is 11.4. The molecule has 8 aromatic carbocycles. The minimum atomic E-state index is 0.0732. The molecule has 0 heterocycles. The molecule has 0 amide bonds. The highest BCUT2D eigenvalue weighted by Crippen LogP contribution is 2.41. The number of phenols is 2. The van der Waals surface area contributed by atoms with Gasteiger partial charge in [-0.05, 0) is 195 Å². The van der Waals surface area contributed by atoms with Gasteiger partial charge in [0.25, 0.3) is 0 Å². The van der Waals surface area contributed by atoms with Crippen LogP contribution in [0.2, 0.25) is 0 Å². The quantitative estimate of drug-likeness (QED) is 0.0378. The van der Waals surface area contributed by atoms with Crippen LogP contribution in [0.3, 0.4) is 0 Å². The Morgan fingerprint density at radius 3 is 0.756 bits per heavy atom. The summed E-state index contributed by atoms with van der Waals surface area (Å²) in [7, 11) is 0. The average Bonchev–Trinajstić information content (AvgIpc) is 3.57. The Labute approximate surface area is 464 Å². The Hall–Kier alpha value is -8.62. The van der Waals surface area contributed by atoms with Gasteiger partial charge in [-0.1, -0.05) is 121 Å². The third kappa shape index (κ3) is 12.8. The molecule has 0 radical (unpaired) electrons. The summed E-state index contributed by atoms with van der Waals surface area (Å²) in [4.78, 5) is 9.42. The first-order valence-electron chi connectivity index (χ1n) is 27.9. The molecule has 8 heteroatoms. The van der Waals surface area contributed by atoms with Crippen molar-refractivity contribution in [2.75, 3.05) is 72.0 Å². The van der Waals surface area contributed by atoms with Gasteiger partial charge in [-0.25, -0.2) is 0 Å². The second-order valence-corrected chi connectivity index (χ2v) is 19.1. The number of rotatable bonds is 23. The minimum Gasteiger partial charge on any atom is -0.507 e. The SMILES string of the molecule is CCN(CC)c1ccc(C(=C(c2ccccc2)c2ccc(O)c(/C=N/N=C/c3cc(C(=C(c4ccc(N(CC)CC)cc4)c4ccc(N(CC)CC)cc4)c4ccccc4)ccc3O)c2)c2ccc(N(CC)CC)cc2)cc1. The molecule has 398 valence electrons. The number of benzene rings is 8. The number of anilines is 4. The first kappa shape index (κ1) is 55.6. The highest BCUT2D eigenvalue weighted by Gasteiger charge is 2.21. The van der Waals surface area contributed by atoms with Crippen LogP contribution in [-0.2, 0) is 0 Å². The minimum absolute atomic E-state index is 0.0732. The lowest BCUT2D eigenvalue weighted by atomic mass is 9.85. The summed E-state index contributed by atoms with van der Waals surface area (Å²) in [6, 6.07) is 67.8. The van der Waals surface area contributed by atoms with E-state index in [4.69, 9.17) is 0 Å². The van der Waals surface area contributed by atoms with Crippen LogP contribution in [0, 0.1) is 0 Å². The van der Waals surface area contributed by atoms with Crippen molar-refractivity contribution >= 4 is 57.5 Å². The molecule has 2 N–H and O–H groups in total. The zero-order valence-electron chi connectivity index (χ0n) is 46.9. The van der Waals surface area contributed by atoms with E-state index in [-0.39, 0.29) is 11.5 Å². The molecule has 0 unspecified atom stereocenters. The van der Waals surface area contributed by atoms with Gasteiger partial charge in [-0.15, -0.1) is 0 Å². The maximum atomic E-state index is 11.4. The Morgan fingerprint density at radius 1 is 0.295 bits per heavy atom. The third-order valence-corrected chi connectivity index (χ3v) is 14.9. The van der Waals surface area contributed by atoms with Crippen molar-refractivity contribution in [3.8, 4) is 11.5 Å². The van der Waals surface area contributed by atoms with E-state index in [0.717, 1.165) is 119 Å². The molecule has 8 nitrogen and oxygen atoms in total. The van der Waals surface area contributed by atoms with Gasteiger partial charge in [0.1, 0.15) is 11.5 Å². The van der Waals surface area contributed by atoms with Crippen molar-refractivity contribution in [2.24, 2.45) is 10.2 Å². The van der Waals surface area contributed by atoms with Gasteiger partial charge in [-0.3, -0.25) is 0 Å². The largest absolute Gasteiger partial charge is 0.507 e. The second kappa shape index (κ2) is 26.9. The summed E-state index contributed by atoms with van der Waals surface area (Å²) >= 11 is 0. The Bertz CT molecular complexity index is 2970. The van der Waals surface area contributed by atoms with Gasteiger partial charge < -0.3 is 29.8 Å². The fourth-order valence-electron chi connectivity index (χ4n) is 10.6. The van der Waals surface area contributed by atoms with Crippen molar-refractivity contribution in [3.05, 3.63) is 250 Å². The summed E-state index contributed by atoms with van der Waals surface area (Å²) in [6.07, 6.45) is 3.15. The van der Waals surface area contributed by atoms with Gasteiger partial charge in [0.05, 0.1) is 12.4 Å². The maximum Gasteiger partial charge on any atom is 0.124 e. The summed E-state index contributed by atoms with van der Waals surface area (Å²) in [5.74, 6) is 0.146. The van der Waals surface area contributed by atoms with Crippen molar-refractivity contribution in [2.45, 2.75) is 55.4 Å². The van der Waals surface area contributed by atoms with E-state index in [1.54, 1.807) is 24.6 Å². The van der Waals surface area contributed by atoms with E-state index < -0.39 is 0 Å². The molecular weight excluding hydrogens is 957 g/mol. The second-order valence-electron chi connectivity index (χ2n) is 19.1. The molecule has 0 spiro atoms. The van der Waals surface area contributed by atoms with Crippen LogP contribution in [0.4, 0.5) is 22.7 Å². The van der Waals surface area contributed by atoms with Crippen LogP contribution in [0.15, 0.2) is 204 Å². The highest BCUT2D eigenvalue weighted by molar-refractivity contribution is 6.07. The van der Waals surface area contributed by atoms with E-state index in [1.807, 2.05) is 36.4 Å². The normalized spacial score (nSPS) is 11.2. The number of aromatic hydroxyl groups is 2. The van der Waals surface area contributed by atoms with Crippen molar-refractivity contribution in [3.63, 3.8) is 0 Å². The van der Waals surface area contributed by atoms with Crippen LogP contribution in [-0.4, -0.2) is 75.0 Å². The predicted octanol–water partition coefficient (Wildman–Crippen LogP) is 16.0. The smallest absolute Gasteiger partial charge is 0.124 e. The molecule has 0 fully saturated rings. The first-order chi connectivity index (χ1) is 38.2. The third-order valence-electron chi connectivity index (χ3n) is 14.9. The molecule has 8 rings (SSSR count). The summed E-state index contributed by atoms with van der Waals surface area (Å²) in [6.45, 7) is 24.8. The summed E-state index contributed by atoms with van der Waals surface area (Å²) < 4.78 is 0. The van der Waals surface area contributed by atoms with E-state index >= 15 is 0 Å². The first-order valence-corrected chi connectivity index (χ1v) is 27.9. The van der Waals surface area contributed by atoms with Crippen LogP contribution >= 0.6 is 0 Å².